The molecular formula is C15H19N3O2. The van der Waals surface area contributed by atoms with Crippen LogP contribution in [0.25, 0.3) is 0 Å². The van der Waals surface area contributed by atoms with Crippen molar-refractivity contribution in [1.29, 1.82) is 5.26 Å². The summed E-state index contributed by atoms with van der Waals surface area (Å²) in [6.45, 7) is 1.30. The van der Waals surface area contributed by atoms with Gasteiger partial charge in [0.1, 0.15) is 11.8 Å². The van der Waals surface area contributed by atoms with Crippen molar-refractivity contribution in [2.75, 3.05) is 13.2 Å². The van der Waals surface area contributed by atoms with Crippen LogP contribution in [0.2, 0.25) is 0 Å². The van der Waals surface area contributed by atoms with Crippen LogP contribution in [0.3, 0.4) is 0 Å². The molecule has 5 heteroatoms. The Kier molecular flexibility index (Phi) is 5.39. The van der Waals surface area contributed by atoms with Crippen molar-refractivity contribution in [2.24, 2.45) is 0 Å². The van der Waals surface area contributed by atoms with Gasteiger partial charge in [-0.25, -0.2) is 0 Å². The molecule has 106 valence electrons. The van der Waals surface area contributed by atoms with Gasteiger partial charge in [-0.3, -0.25) is 4.79 Å². The summed E-state index contributed by atoms with van der Waals surface area (Å²) in [7, 11) is 0. The Hall–Kier alpha value is -2.06. The predicted molar refractivity (Wildman–Crippen MR) is 75.0 cm³/mol. The SMILES string of the molecule is N#CCOc1ccccc1CNCCC(=O)NC1CC1. The van der Waals surface area contributed by atoms with Gasteiger partial charge in [0.25, 0.3) is 0 Å². The molecule has 1 aromatic carbocycles. The van der Waals surface area contributed by atoms with Gasteiger partial charge in [-0.2, -0.15) is 5.26 Å². The number of nitrogens with one attached hydrogen (secondary N) is 2. The van der Waals surface area contributed by atoms with E-state index in [-0.39, 0.29) is 12.5 Å². The number of carbonyl (C=O) groups excluding carboxylic acids is 1. The minimum atomic E-state index is 0.0425. The highest BCUT2D eigenvalue weighted by Crippen LogP contribution is 2.19. The van der Waals surface area contributed by atoms with Crippen LogP contribution in [0.15, 0.2) is 24.3 Å². The lowest BCUT2D eigenvalue weighted by molar-refractivity contribution is -0.121. The molecule has 0 unspecified atom stereocenters. The van der Waals surface area contributed by atoms with Gasteiger partial charge in [0.15, 0.2) is 6.61 Å². The third-order valence-corrected chi connectivity index (χ3v) is 3.05. The topological polar surface area (TPSA) is 74.1 Å². The molecule has 2 rings (SSSR count). The van der Waals surface area contributed by atoms with E-state index in [0.717, 1.165) is 18.4 Å². The number of hydrogen-bond donors (Lipinski definition) is 2. The first-order valence-corrected chi connectivity index (χ1v) is 6.87. The van der Waals surface area contributed by atoms with Crippen LogP contribution < -0.4 is 15.4 Å². The van der Waals surface area contributed by atoms with Crippen LogP contribution in [0, 0.1) is 11.3 Å². The monoisotopic (exact) mass is 273 g/mol. The number of nitrogens with zero attached hydrogens (tertiary/aromatic N) is 1. The summed E-state index contributed by atoms with van der Waals surface area (Å²) in [5, 5.41) is 14.7. The van der Waals surface area contributed by atoms with Gasteiger partial charge >= 0.3 is 0 Å². The van der Waals surface area contributed by atoms with Crippen molar-refractivity contribution < 1.29 is 9.53 Å². The van der Waals surface area contributed by atoms with Gasteiger partial charge in [-0.15, -0.1) is 0 Å². The Bertz CT molecular complexity index is 492. The van der Waals surface area contributed by atoms with E-state index in [1.807, 2.05) is 30.3 Å². The lowest BCUT2D eigenvalue weighted by Gasteiger charge is -2.10. The third kappa shape index (κ3) is 4.90. The number of ether oxygens (including phenoxy) is 1. The third-order valence-electron chi connectivity index (χ3n) is 3.05. The van der Waals surface area contributed by atoms with Crippen molar-refractivity contribution in [2.45, 2.75) is 31.8 Å². The Morgan fingerprint density at radius 3 is 2.95 bits per heavy atom. The second kappa shape index (κ2) is 7.51. The fraction of sp³-hybridized carbons (Fsp3) is 0.467. The summed E-state index contributed by atoms with van der Waals surface area (Å²) in [4.78, 5) is 11.5. The molecule has 0 aliphatic heterocycles. The highest BCUT2D eigenvalue weighted by molar-refractivity contribution is 5.76. The Morgan fingerprint density at radius 1 is 1.40 bits per heavy atom. The molecule has 1 aromatic rings. The zero-order valence-corrected chi connectivity index (χ0v) is 11.4. The maximum atomic E-state index is 11.5. The van der Waals surface area contributed by atoms with Crippen molar-refractivity contribution >= 4 is 5.91 Å². The number of rotatable bonds is 8. The lowest BCUT2D eigenvalue weighted by atomic mass is 10.2. The number of benzene rings is 1. The molecule has 1 aliphatic rings. The molecule has 0 aromatic heterocycles. The first-order chi connectivity index (χ1) is 9.79. The number of carbonyl (C=O) groups is 1. The van der Waals surface area contributed by atoms with E-state index in [4.69, 9.17) is 10.00 Å². The molecule has 1 saturated carbocycles. The highest BCUT2D eigenvalue weighted by atomic mass is 16.5. The van der Waals surface area contributed by atoms with Crippen LogP contribution in [0.5, 0.6) is 5.75 Å². The van der Waals surface area contributed by atoms with Crippen molar-refractivity contribution in [3.8, 4) is 11.8 Å². The molecule has 5 nitrogen and oxygen atoms in total. The van der Waals surface area contributed by atoms with Gasteiger partial charge in [-0.1, -0.05) is 18.2 Å². The van der Waals surface area contributed by atoms with Crippen LogP contribution >= 0.6 is 0 Å². The van der Waals surface area contributed by atoms with E-state index in [1.165, 1.54) is 0 Å². The minimum absolute atomic E-state index is 0.0425. The summed E-state index contributed by atoms with van der Waals surface area (Å²) < 4.78 is 5.34. The van der Waals surface area contributed by atoms with Gasteiger partial charge in [-0.05, 0) is 18.9 Å². The normalized spacial score (nSPS) is 13.6. The number of amides is 1. The zero-order chi connectivity index (χ0) is 14.2. The van der Waals surface area contributed by atoms with Crippen LogP contribution in [-0.4, -0.2) is 25.1 Å². The van der Waals surface area contributed by atoms with E-state index in [1.54, 1.807) is 0 Å². The zero-order valence-electron chi connectivity index (χ0n) is 11.4. The molecular weight excluding hydrogens is 254 g/mol. The first-order valence-electron chi connectivity index (χ1n) is 6.87. The molecule has 1 aliphatic carbocycles. The maximum absolute atomic E-state index is 11.5. The van der Waals surface area contributed by atoms with Crippen LogP contribution in [-0.2, 0) is 11.3 Å². The van der Waals surface area contributed by atoms with Gasteiger partial charge < -0.3 is 15.4 Å². The Balaban J connectivity index is 1.70. The molecule has 0 atom stereocenters. The molecule has 1 fully saturated rings. The van der Waals surface area contributed by atoms with Crippen LogP contribution in [0.4, 0.5) is 0 Å². The van der Waals surface area contributed by atoms with Crippen molar-refractivity contribution in [3.05, 3.63) is 29.8 Å². The van der Waals surface area contributed by atoms with E-state index in [0.29, 0.717) is 31.3 Å². The fourth-order valence-electron chi connectivity index (χ4n) is 1.85. The summed E-state index contributed by atoms with van der Waals surface area (Å²) in [5.41, 5.74) is 0.991. The van der Waals surface area contributed by atoms with E-state index in [9.17, 15) is 4.79 Å². The molecule has 0 heterocycles. The minimum Gasteiger partial charge on any atom is -0.478 e. The molecule has 0 bridgehead atoms. The number of hydrogen-bond acceptors (Lipinski definition) is 4. The molecule has 1 amide bonds. The van der Waals surface area contributed by atoms with Gasteiger partial charge in [0.2, 0.25) is 5.91 Å². The maximum Gasteiger partial charge on any atom is 0.221 e. The smallest absolute Gasteiger partial charge is 0.221 e. The summed E-state index contributed by atoms with van der Waals surface area (Å²) in [6.07, 6.45) is 2.71. The molecule has 0 radical (unpaired) electrons. The van der Waals surface area contributed by atoms with Gasteiger partial charge in [0, 0.05) is 31.1 Å². The van der Waals surface area contributed by atoms with Crippen molar-refractivity contribution in [1.82, 2.24) is 10.6 Å². The summed E-state index contributed by atoms with van der Waals surface area (Å²) in [5.74, 6) is 0.818. The van der Waals surface area contributed by atoms with E-state index in [2.05, 4.69) is 10.6 Å². The Morgan fingerprint density at radius 2 is 2.20 bits per heavy atom. The highest BCUT2D eigenvalue weighted by Gasteiger charge is 2.22. The second-order valence-electron chi connectivity index (χ2n) is 4.82. The fourth-order valence-corrected chi connectivity index (χ4v) is 1.85. The Labute approximate surface area is 118 Å². The largest absolute Gasteiger partial charge is 0.478 e. The number of para-hydroxylation sites is 1. The summed E-state index contributed by atoms with van der Waals surface area (Å²) >= 11 is 0. The lowest BCUT2D eigenvalue weighted by Crippen LogP contribution is -2.29. The average molecular weight is 273 g/mol. The predicted octanol–water partition coefficient (Wildman–Crippen LogP) is 1.35. The van der Waals surface area contributed by atoms with Crippen molar-refractivity contribution in [3.63, 3.8) is 0 Å². The van der Waals surface area contributed by atoms with Gasteiger partial charge in [0.05, 0.1) is 0 Å². The van der Waals surface area contributed by atoms with E-state index < -0.39 is 0 Å². The van der Waals surface area contributed by atoms with Crippen LogP contribution in [0.1, 0.15) is 24.8 Å². The first kappa shape index (κ1) is 14.4. The average Bonchev–Trinajstić information content (AvgIpc) is 3.26. The molecule has 2 N–H and O–H groups in total. The second-order valence-corrected chi connectivity index (χ2v) is 4.82. The number of nitriles is 1. The summed E-state index contributed by atoms with van der Waals surface area (Å²) in [6, 6.07) is 9.96. The quantitative estimate of drug-likeness (QED) is 0.701. The van der Waals surface area contributed by atoms with E-state index >= 15 is 0 Å². The standard InChI is InChI=1S/C15H19N3O2/c16-8-10-20-14-4-2-1-3-12(14)11-17-9-7-15(19)18-13-5-6-13/h1-4,13,17H,5-7,9-11H2,(H,18,19). The molecule has 20 heavy (non-hydrogen) atoms. The molecule has 0 saturated heterocycles. The molecule has 0 spiro atoms.